The molecule has 0 fully saturated rings. The van der Waals surface area contributed by atoms with E-state index in [4.69, 9.17) is 14.7 Å². The highest BCUT2D eigenvalue weighted by Crippen LogP contribution is 2.40. The van der Waals surface area contributed by atoms with Crippen LogP contribution in [-0.2, 0) is 13.5 Å². The fraction of sp³-hybridized carbons (Fsp3) is 0.240. The first-order chi connectivity index (χ1) is 15.7. The van der Waals surface area contributed by atoms with Gasteiger partial charge < -0.3 is 15.4 Å². The molecule has 2 aromatic heterocycles. The van der Waals surface area contributed by atoms with Crippen molar-refractivity contribution in [2.75, 3.05) is 24.8 Å². The number of hydrogen-bond acceptors (Lipinski definition) is 6. The summed E-state index contributed by atoms with van der Waals surface area (Å²) >= 11 is 0. The van der Waals surface area contributed by atoms with E-state index in [1.165, 1.54) is 11.1 Å². The molecule has 2 N–H and O–H groups in total. The lowest BCUT2D eigenvalue weighted by Crippen LogP contribution is -2.08. The Morgan fingerprint density at radius 3 is 2.66 bits per heavy atom. The highest BCUT2D eigenvalue weighted by molar-refractivity contribution is 5.74. The average Bonchev–Trinajstić information content (AvgIpc) is 3.45. The van der Waals surface area contributed by atoms with Crippen molar-refractivity contribution in [3.63, 3.8) is 0 Å². The van der Waals surface area contributed by atoms with E-state index < -0.39 is 0 Å². The summed E-state index contributed by atoms with van der Waals surface area (Å²) in [6.45, 7) is 0. The zero-order chi connectivity index (χ0) is 22.1. The van der Waals surface area contributed by atoms with Gasteiger partial charge in [0.05, 0.1) is 19.0 Å². The van der Waals surface area contributed by atoms with E-state index in [2.05, 4.69) is 40.0 Å². The van der Waals surface area contributed by atoms with Crippen LogP contribution in [0.5, 0.6) is 5.75 Å². The van der Waals surface area contributed by atoms with Gasteiger partial charge in [0, 0.05) is 54.7 Å². The van der Waals surface area contributed by atoms with Gasteiger partial charge >= 0.3 is 0 Å². The van der Waals surface area contributed by atoms with Crippen LogP contribution in [0.3, 0.4) is 0 Å². The summed E-state index contributed by atoms with van der Waals surface area (Å²) in [4.78, 5) is 9.68. The van der Waals surface area contributed by atoms with E-state index in [0.29, 0.717) is 5.95 Å². The second kappa shape index (κ2) is 8.34. The van der Waals surface area contributed by atoms with Gasteiger partial charge in [-0.2, -0.15) is 10.1 Å². The molecule has 32 heavy (non-hydrogen) atoms. The molecule has 7 heteroatoms. The lowest BCUT2D eigenvalue weighted by Gasteiger charge is -2.15. The van der Waals surface area contributed by atoms with Crippen molar-refractivity contribution in [2.24, 2.45) is 7.05 Å². The van der Waals surface area contributed by atoms with Crippen LogP contribution in [0, 0.1) is 0 Å². The van der Waals surface area contributed by atoms with Gasteiger partial charge in [-0.3, -0.25) is 4.68 Å². The minimum Gasteiger partial charge on any atom is -0.496 e. The smallest absolute Gasteiger partial charge is 0.229 e. The topological polar surface area (TPSA) is 76.9 Å². The van der Waals surface area contributed by atoms with Crippen molar-refractivity contribution < 1.29 is 4.74 Å². The second-order valence-corrected chi connectivity index (χ2v) is 7.95. The monoisotopic (exact) mass is 426 g/mol. The fourth-order valence-electron chi connectivity index (χ4n) is 4.43. The normalized spacial score (nSPS) is 14.8. The highest BCUT2D eigenvalue weighted by atomic mass is 16.5. The first-order valence-corrected chi connectivity index (χ1v) is 10.7. The molecule has 0 saturated carbocycles. The maximum Gasteiger partial charge on any atom is 0.229 e. The molecule has 0 bridgehead atoms. The molecule has 2 aromatic carbocycles. The van der Waals surface area contributed by atoms with Gasteiger partial charge in [0.1, 0.15) is 11.6 Å². The van der Waals surface area contributed by atoms with Crippen molar-refractivity contribution in [2.45, 2.75) is 18.8 Å². The van der Waals surface area contributed by atoms with Crippen LogP contribution in [0.1, 0.15) is 29.2 Å². The van der Waals surface area contributed by atoms with Gasteiger partial charge in [0.25, 0.3) is 0 Å². The minimum atomic E-state index is 0.282. The van der Waals surface area contributed by atoms with Crippen LogP contribution in [0.4, 0.5) is 17.5 Å². The van der Waals surface area contributed by atoms with E-state index in [1.54, 1.807) is 11.8 Å². The quantitative estimate of drug-likeness (QED) is 0.463. The van der Waals surface area contributed by atoms with Crippen LogP contribution in [-0.4, -0.2) is 33.9 Å². The third kappa shape index (κ3) is 3.66. The van der Waals surface area contributed by atoms with E-state index in [9.17, 15) is 0 Å². The van der Waals surface area contributed by atoms with E-state index in [1.807, 2.05) is 50.8 Å². The van der Waals surface area contributed by atoms with Gasteiger partial charge in [0.2, 0.25) is 5.95 Å². The van der Waals surface area contributed by atoms with Crippen molar-refractivity contribution in [3.05, 3.63) is 77.7 Å². The molecule has 2 heterocycles. The Morgan fingerprint density at radius 1 is 1.09 bits per heavy atom. The number of fused-ring (bicyclic) bond motifs is 1. The van der Waals surface area contributed by atoms with Gasteiger partial charge in [0.15, 0.2) is 0 Å². The Bertz CT molecular complexity index is 1250. The van der Waals surface area contributed by atoms with Crippen LogP contribution >= 0.6 is 0 Å². The largest absolute Gasteiger partial charge is 0.496 e. The number of rotatable bonds is 6. The number of nitrogens with one attached hydrogen (secondary N) is 2. The number of aryl methyl sites for hydroxylation is 1. The summed E-state index contributed by atoms with van der Waals surface area (Å²) in [6.07, 6.45) is 5.81. The van der Waals surface area contributed by atoms with Crippen LogP contribution in [0.2, 0.25) is 0 Å². The van der Waals surface area contributed by atoms with E-state index >= 15 is 0 Å². The van der Waals surface area contributed by atoms with Crippen molar-refractivity contribution in [3.8, 4) is 16.9 Å². The molecule has 0 amide bonds. The van der Waals surface area contributed by atoms with Gasteiger partial charge in [-0.1, -0.05) is 30.3 Å². The lowest BCUT2D eigenvalue weighted by atomic mass is 9.97. The molecule has 162 valence electrons. The zero-order valence-electron chi connectivity index (χ0n) is 18.5. The van der Waals surface area contributed by atoms with Crippen molar-refractivity contribution >= 4 is 17.5 Å². The number of aromatic nitrogens is 4. The van der Waals surface area contributed by atoms with Crippen LogP contribution in [0.25, 0.3) is 11.1 Å². The molecule has 1 unspecified atom stereocenters. The molecular weight excluding hydrogens is 400 g/mol. The first kappa shape index (κ1) is 20.1. The Labute approximate surface area is 187 Å². The Morgan fingerprint density at radius 2 is 1.94 bits per heavy atom. The number of methoxy groups -OCH3 is 1. The van der Waals surface area contributed by atoms with Crippen LogP contribution in [0.15, 0.2) is 60.9 Å². The minimum absolute atomic E-state index is 0.282. The van der Waals surface area contributed by atoms with Crippen molar-refractivity contribution in [1.29, 1.82) is 0 Å². The summed E-state index contributed by atoms with van der Waals surface area (Å²) in [5.74, 6) is 2.51. The summed E-state index contributed by atoms with van der Waals surface area (Å²) in [5.41, 5.74) is 6.45. The molecule has 4 aromatic rings. The average molecular weight is 427 g/mol. The predicted molar refractivity (Wildman–Crippen MR) is 127 cm³/mol. The van der Waals surface area contributed by atoms with Gasteiger partial charge in [-0.05, 0) is 30.5 Å². The second-order valence-electron chi connectivity index (χ2n) is 7.95. The fourth-order valence-corrected chi connectivity index (χ4v) is 4.43. The lowest BCUT2D eigenvalue weighted by molar-refractivity contribution is 0.416. The molecule has 0 spiro atoms. The highest BCUT2D eigenvalue weighted by Gasteiger charge is 2.29. The maximum absolute atomic E-state index is 5.65. The molecule has 7 nitrogen and oxygen atoms in total. The van der Waals surface area contributed by atoms with Gasteiger partial charge in [-0.15, -0.1) is 0 Å². The number of nitrogens with zero attached hydrogens (tertiary/aromatic N) is 4. The standard InChI is InChI=1S/C25H26N6O/c1-26-24-21-12-11-20(16-7-5-4-6-8-16)23(21)29-25(30-24)28-18-9-10-19(22(13-18)32-3)17-14-27-31(2)15-17/h4-10,13-15,20H,11-12H2,1-3H3,(H2,26,28,29,30). The summed E-state index contributed by atoms with van der Waals surface area (Å²) in [7, 11) is 5.49. The summed E-state index contributed by atoms with van der Waals surface area (Å²) in [5, 5.41) is 10.9. The number of hydrogen-bond donors (Lipinski definition) is 2. The van der Waals surface area contributed by atoms with E-state index in [-0.39, 0.29) is 5.92 Å². The first-order valence-electron chi connectivity index (χ1n) is 10.7. The molecule has 0 saturated heterocycles. The van der Waals surface area contributed by atoms with Gasteiger partial charge in [-0.25, -0.2) is 4.98 Å². The molecule has 1 aliphatic carbocycles. The third-order valence-electron chi connectivity index (χ3n) is 5.96. The molecular formula is C25H26N6O. The maximum atomic E-state index is 5.65. The van der Waals surface area contributed by atoms with E-state index in [0.717, 1.165) is 46.9 Å². The van der Waals surface area contributed by atoms with Crippen LogP contribution < -0.4 is 15.4 Å². The Balaban J connectivity index is 1.48. The van der Waals surface area contributed by atoms with Crippen molar-refractivity contribution in [1.82, 2.24) is 19.7 Å². The molecule has 1 aliphatic rings. The summed E-state index contributed by atoms with van der Waals surface area (Å²) in [6, 6.07) is 16.6. The number of ether oxygens (including phenoxy) is 1. The SMILES string of the molecule is CNc1nc(Nc2ccc(-c3cnn(C)c3)c(OC)c2)nc2c1CCC2c1ccccc1. The third-order valence-corrected chi connectivity index (χ3v) is 5.96. The number of benzene rings is 2. The summed E-state index contributed by atoms with van der Waals surface area (Å²) < 4.78 is 7.43. The molecule has 1 atom stereocenters. The molecule has 5 rings (SSSR count). The Kier molecular flexibility index (Phi) is 5.23. The molecule has 0 aliphatic heterocycles. The molecule has 0 radical (unpaired) electrons. The zero-order valence-corrected chi connectivity index (χ0v) is 18.5. The Hall–Kier alpha value is -3.87. The number of anilines is 3. The predicted octanol–water partition coefficient (Wildman–Crippen LogP) is 4.75.